The fourth-order valence-corrected chi connectivity index (χ4v) is 1.67. The van der Waals surface area contributed by atoms with Crippen LogP contribution < -0.4 is 0 Å². The Morgan fingerprint density at radius 1 is 1.44 bits per heavy atom. The molecule has 0 rings (SSSR count). The topological polar surface area (TPSA) is 49.8 Å². The second kappa shape index (κ2) is 11.2. The predicted octanol–water partition coefficient (Wildman–Crippen LogP) is 1.98. The molecule has 0 aliphatic heterocycles. The Labute approximate surface area is 111 Å². The lowest BCUT2D eigenvalue weighted by Crippen LogP contribution is -2.35. The highest BCUT2D eigenvalue weighted by atomic mass is 16.5. The fourth-order valence-electron chi connectivity index (χ4n) is 1.67. The summed E-state index contributed by atoms with van der Waals surface area (Å²) in [6.07, 6.45) is 5.78. The molecule has 0 saturated carbocycles. The Kier molecular flexibility index (Phi) is 10.7. The zero-order valence-corrected chi connectivity index (χ0v) is 11.9. The van der Waals surface area contributed by atoms with Crippen LogP contribution >= 0.6 is 0 Å². The van der Waals surface area contributed by atoms with Gasteiger partial charge in [0, 0.05) is 19.2 Å². The normalized spacial score (nSPS) is 13.2. The summed E-state index contributed by atoms with van der Waals surface area (Å²) in [5, 5.41) is 9.81. The summed E-state index contributed by atoms with van der Waals surface area (Å²) in [4.78, 5) is 13.2. The Morgan fingerprint density at radius 2 is 2.17 bits per heavy atom. The maximum absolute atomic E-state index is 11.1. The molecular weight excluding hydrogens is 230 g/mol. The van der Waals surface area contributed by atoms with Crippen LogP contribution in [0.25, 0.3) is 0 Å². The molecule has 0 saturated heterocycles. The number of allylic oxidation sites excluding steroid dienone is 1. The van der Waals surface area contributed by atoms with Crippen molar-refractivity contribution in [1.82, 2.24) is 4.90 Å². The van der Waals surface area contributed by atoms with Crippen LogP contribution in [0.1, 0.15) is 40.0 Å². The van der Waals surface area contributed by atoms with Gasteiger partial charge in [-0.25, -0.2) is 4.79 Å². The molecule has 0 amide bonds. The Hall–Kier alpha value is -0.870. The highest BCUT2D eigenvalue weighted by Crippen LogP contribution is 2.02. The molecule has 1 unspecified atom stereocenters. The minimum Gasteiger partial charge on any atom is -0.461 e. The van der Waals surface area contributed by atoms with Crippen molar-refractivity contribution in [3.63, 3.8) is 0 Å². The molecule has 0 aliphatic rings. The monoisotopic (exact) mass is 257 g/mol. The molecular formula is C14H27NO3. The van der Waals surface area contributed by atoms with Crippen LogP contribution in [0.3, 0.4) is 0 Å². The molecule has 0 aromatic rings. The third kappa shape index (κ3) is 9.19. The van der Waals surface area contributed by atoms with Crippen LogP contribution in [0.2, 0.25) is 0 Å². The lowest BCUT2D eigenvalue weighted by molar-refractivity contribution is -0.138. The smallest absolute Gasteiger partial charge is 0.330 e. The van der Waals surface area contributed by atoms with E-state index >= 15 is 0 Å². The second-order valence-electron chi connectivity index (χ2n) is 4.36. The van der Waals surface area contributed by atoms with Crippen LogP contribution in [-0.2, 0) is 9.53 Å². The molecule has 0 aromatic heterocycles. The van der Waals surface area contributed by atoms with E-state index < -0.39 is 0 Å². The number of likely N-dealkylation sites (N-methyl/N-ethyl adjacent to an activating group) is 1. The first-order chi connectivity index (χ1) is 8.63. The summed E-state index contributed by atoms with van der Waals surface area (Å²) < 4.78 is 5.03. The molecule has 0 aromatic carbocycles. The summed E-state index contributed by atoms with van der Waals surface area (Å²) in [6.45, 7) is 8.48. The van der Waals surface area contributed by atoms with Gasteiger partial charge >= 0.3 is 5.97 Å². The molecule has 4 heteroatoms. The maximum atomic E-state index is 11.1. The third-order valence-corrected chi connectivity index (χ3v) is 2.76. The highest BCUT2D eigenvalue weighted by Gasteiger charge is 2.10. The van der Waals surface area contributed by atoms with Gasteiger partial charge in [-0.05, 0) is 19.9 Å². The van der Waals surface area contributed by atoms with E-state index in [0.29, 0.717) is 19.7 Å². The van der Waals surface area contributed by atoms with Gasteiger partial charge in [-0.3, -0.25) is 4.90 Å². The van der Waals surface area contributed by atoms with Crippen molar-refractivity contribution in [2.24, 2.45) is 0 Å². The SMILES string of the molecule is C/C=C/C(=O)OCCN(CC)CC(O)CCCC. The van der Waals surface area contributed by atoms with E-state index in [0.717, 1.165) is 25.8 Å². The van der Waals surface area contributed by atoms with Crippen molar-refractivity contribution < 1.29 is 14.6 Å². The number of aliphatic hydroxyl groups is 1. The average Bonchev–Trinajstić information content (AvgIpc) is 2.35. The third-order valence-electron chi connectivity index (χ3n) is 2.76. The van der Waals surface area contributed by atoms with Crippen molar-refractivity contribution >= 4 is 5.97 Å². The molecule has 1 N–H and O–H groups in total. The largest absolute Gasteiger partial charge is 0.461 e. The van der Waals surface area contributed by atoms with Crippen molar-refractivity contribution in [2.45, 2.75) is 46.1 Å². The lowest BCUT2D eigenvalue weighted by atomic mass is 10.1. The summed E-state index contributed by atoms with van der Waals surface area (Å²) >= 11 is 0. The van der Waals surface area contributed by atoms with Crippen LogP contribution in [0.15, 0.2) is 12.2 Å². The van der Waals surface area contributed by atoms with E-state index in [1.807, 2.05) is 6.92 Å². The van der Waals surface area contributed by atoms with E-state index in [1.54, 1.807) is 13.0 Å². The van der Waals surface area contributed by atoms with Crippen LogP contribution in [0, 0.1) is 0 Å². The summed E-state index contributed by atoms with van der Waals surface area (Å²) in [5.41, 5.74) is 0. The number of ether oxygens (including phenoxy) is 1. The first-order valence-electron chi connectivity index (χ1n) is 6.83. The summed E-state index contributed by atoms with van der Waals surface area (Å²) in [7, 11) is 0. The first kappa shape index (κ1) is 17.1. The lowest BCUT2D eigenvalue weighted by Gasteiger charge is -2.23. The Morgan fingerprint density at radius 3 is 2.72 bits per heavy atom. The first-order valence-corrected chi connectivity index (χ1v) is 6.83. The summed E-state index contributed by atoms with van der Waals surface area (Å²) in [6, 6.07) is 0. The number of esters is 1. The van der Waals surface area contributed by atoms with Gasteiger partial charge < -0.3 is 9.84 Å². The van der Waals surface area contributed by atoms with Gasteiger partial charge in [0.15, 0.2) is 0 Å². The molecule has 0 aliphatic carbocycles. The van der Waals surface area contributed by atoms with Crippen molar-refractivity contribution in [2.75, 3.05) is 26.2 Å². The van der Waals surface area contributed by atoms with Crippen molar-refractivity contribution in [1.29, 1.82) is 0 Å². The predicted molar refractivity (Wildman–Crippen MR) is 73.4 cm³/mol. The number of hydrogen-bond acceptors (Lipinski definition) is 4. The van der Waals surface area contributed by atoms with E-state index in [2.05, 4.69) is 11.8 Å². The Bertz CT molecular complexity index is 241. The zero-order chi connectivity index (χ0) is 13.8. The molecule has 0 spiro atoms. The molecule has 4 nitrogen and oxygen atoms in total. The standard InChI is InChI=1S/C14H27NO3/c1-4-7-9-13(16)12-15(6-3)10-11-18-14(17)8-5-2/h5,8,13,16H,4,6-7,9-12H2,1-3H3/b8-5+. The minimum atomic E-state index is -0.305. The fraction of sp³-hybridized carbons (Fsp3) is 0.786. The second-order valence-corrected chi connectivity index (χ2v) is 4.36. The van der Waals surface area contributed by atoms with Gasteiger partial charge in [0.05, 0.1) is 6.10 Å². The van der Waals surface area contributed by atoms with E-state index in [-0.39, 0.29) is 12.1 Å². The zero-order valence-electron chi connectivity index (χ0n) is 11.9. The average molecular weight is 257 g/mol. The van der Waals surface area contributed by atoms with E-state index in [9.17, 15) is 9.90 Å². The van der Waals surface area contributed by atoms with E-state index in [1.165, 1.54) is 6.08 Å². The number of nitrogens with zero attached hydrogens (tertiary/aromatic N) is 1. The molecule has 0 heterocycles. The highest BCUT2D eigenvalue weighted by molar-refractivity contribution is 5.81. The molecule has 18 heavy (non-hydrogen) atoms. The number of carbonyl (C=O) groups is 1. The van der Waals surface area contributed by atoms with Crippen LogP contribution in [0.4, 0.5) is 0 Å². The van der Waals surface area contributed by atoms with Gasteiger partial charge in [0.25, 0.3) is 0 Å². The summed E-state index contributed by atoms with van der Waals surface area (Å²) in [5.74, 6) is -0.305. The molecule has 0 fully saturated rings. The number of rotatable bonds is 10. The van der Waals surface area contributed by atoms with Gasteiger partial charge in [-0.2, -0.15) is 0 Å². The molecule has 0 radical (unpaired) electrons. The van der Waals surface area contributed by atoms with Gasteiger partial charge in [0.1, 0.15) is 6.61 Å². The van der Waals surface area contributed by atoms with E-state index in [4.69, 9.17) is 4.74 Å². The van der Waals surface area contributed by atoms with Crippen LogP contribution in [0.5, 0.6) is 0 Å². The minimum absolute atomic E-state index is 0.281. The number of hydrogen-bond donors (Lipinski definition) is 1. The number of aliphatic hydroxyl groups excluding tert-OH is 1. The van der Waals surface area contributed by atoms with Crippen molar-refractivity contribution in [3.8, 4) is 0 Å². The molecule has 0 bridgehead atoms. The Balaban J connectivity index is 3.79. The molecule has 1 atom stereocenters. The molecule has 106 valence electrons. The number of unbranched alkanes of at least 4 members (excludes halogenated alkanes) is 1. The van der Waals surface area contributed by atoms with Gasteiger partial charge in [-0.1, -0.05) is 32.8 Å². The van der Waals surface area contributed by atoms with Crippen LogP contribution in [-0.4, -0.2) is 48.3 Å². The quantitative estimate of drug-likeness (QED) is 0.480. The van der Waals surface area contributed by atoms with Gasteiger partial charge in [-0.15, -0.1) is 0 Å². The maximum Gasteiger partial charge on any atom is 0.330 e. The van der Waals surface area contributed by atoms with Gasteiger partial charge in [0.2, 0.25) is 0 Å². The number of carbonyl (C=O) groups excluding carboxylic acids is 1. The van der Waals surface area contributed by atoms with Crippen molar-refractivity contribution in [3.05, 3.63) is 12.2 Å².